The second-order valence-corrected chi connectivity index (χ2v) is 6.49. The Labute approximate surface area is 102 Å². The highest BCUT2D eigenvalue weighted by atomic mass is 32.2. The molecule has 2 aliphatic rings. The largest absolute Gasteiger partial charge is 0.337 e. The molecule has 1 heterocycles. The van der Waals surface area contributed by atoms with Crippen molar-refractivity contribution in [3.63, 3.8) is 0 Å². The Kier molecular flexibility index (Phi) is 3.67. The van der Waals surface area contributed by atoms with Crippen molar-refractivity contribution in [2.75, 3.05) is 25.9 Å². The van der Waals surface area contributed by atoms with Gasteiger partial charge in [-0.15, -0.1) is 0 Å². The average molecular weight is 242 g/mol. The lowest BCUT2D eigenvalue weighted by Gasteiger charge is -2.30. The van der Waals surface area contributed by atoms with Gasteiger partial charge in [0.1, 0.15) is 0 Å². The molecule has 0 aromatic carbocycles. The molecule has 16 heavy (non-hydrogen) atoms. The van der Waals surface area contributed by atoms with Crippen LogP contribution in [0.3, 0.4) is 0 Å². The molecule has 92 valence electrons. The highest BCUT2D eigenvalue weighted by Crippen LogP contribution is 2.46. The Morgan fingerprint density at radius 3 is 2.56 bits per heavy atom. The summed E-state index contributed by atoms with van der Waals surface area (Å²) in [4.78, 5) is 13.9. The molecular formula is C12H22N2OS. The van der Waals surface area contributed by atoms with E-state index in [0.717, 1.165) is 38.4 Å². The molecule has 0 aromatic rings. The molecule has 1 N–H and O–H groups in total. The number of piperidine rings is 1. The third kappa shape index (κ3) is 2.84. The highest BCUT2D eigenvalue weighted by molar-refractivity contribution is 8.00. The smallest absolute Gasteiger partial charge is 0.317 e. The van der Waals surface area contributed by atoms with Crippen LogP contribution in [0.5, 0.6) is 0 Å². The standard InChI is InChI=1S/C12H22N2OS/c1-10-3-7-14(8-4-10)11(15)13-9-12(16-2)5-6-12/h10H,3-9H2,1-2H3,(H,13,15). The number of nitrogens with zero attached hydrogens (tertiary/aromatic N) is 1. The fourth-order valence-electron chi connectivity index (χ4n) is 2.15. The Hall–Kier alpha value is -0.380. The van der Waals surface area contributed by atoms with Gasteiger partial charge in [-0.3, -0.25) is 0 Å². The van der Waals surface area contributed by atoms with Crippen molar-refractivity contribution >= 4 is 17.8 Å². The van der Waals surface area contributed by atoms with Crippen molar-refractivity contribution in [2.45, 2.75) is 37.4 Å². The van der Waals surface area contributed by atoms with Gasteiger partial charge in [0.2, 0.25) is 0 Å². The quantitative estimate of drug-likeness (QED) is 0.824. The molecule has 4 heteroatoms. The molecule has 0 spiro atoms. The molecule has 1 saturated carbocycles. The molecule has 2 fully saturated rings. The fourth-order valence-corrected chi connectivity index (χ4v) is 2.88. The number of rotatable bonds is 3. The minimum atomic E-state index is 0.146. The Morgan fingerprint density at radius 1 is 1.44 bits per heavy atom. The van der Waals surface area contributed by atoms with Gasteiger partial charge in [-0.25, -0.2) is 4.79 Å². The second-order valence-electron chi connectivity index (χ2n) is 5.22. The number of thioether (sulfide) groups is 1. The molecule has 0 radical (unpaired) electrons. The fraction of sp³-hybridized carbons (Fsp3) is 0.917. The molecule has 0 aromatic heterocycles. The molecule has 2 amide bonds. The maximum absolute atomic E-state index is 11.9. The van der Waals surface area contributed by atoms with E-state index in [1.165, 1.54) is 12.8 Å². The number of carbonyl (C=O) groups excluding carboxylic acids is 1. The second kappa shape index (κ2) is 4.86. The normalized spacial score (nSPS) is 24.2. The molecule has 1 saturated heterocycles. The van der Waals surface area contributed by atoms with Gasteiger partial charge in [-0.05, 0) is 37.9 Å². The molecule has 1 aliphatic carbocycles. The predicted molar refractivity (Wildman–Crippen MR) is 68.8 cm³/mol. The predicted octanol–water partition coefficient (Wildman–Crippen LogP) is 2.32. The summed E-state index contributed by atoms with van der Waals surface area (Å²) in [7, 11) is 0. The van der Waals surface area contributed by atoms with Gasteiger partial charge < -0.3 is 10.2 Å². The number of nitrogens with one attached hydrogen (secondary N) is 1. The van der Waals surface area contributed by atoms with Crippen molar-refractivity contribution in [3.05, 3.63) is 0 Å². The maximum Gasteiger partial charge on any atom is 0.317 e. The minimum Gasteiger partial charge on any atom is -0.337 e. The van der Waals surface area contributed by atoms with E-state index >= 15 is 0 Å². The molecular weight excluding hydrogens is 220 g/mol. The van der Waals surface area contributed by atoms with Crippen LogP contribution in [0.4, 0.5) is 4.79 Å². The van der Waals surface area contributed by atoms with Gasteiger partial charge in [-0.2, -0.15) is 11.8 Å². The zero-order valence-electron chi connectivity index (χ0n) is 10.3. The van der Waals surface area contributed by atoms with Gasteiger partial charge in [-0.1, -0.05) is 6.92 Å². The number of hydrogen-bond acceptors (Lipinski definition) is 2. The van der Waals surface area contributed by atoms with Crippen LogP contribution in [0.1, 0.15) is 32.6 Å². The molecule has 0 bridgehead atoms. The van der Waals surface area contributed by atoms with Crippen LogP contribution >= 0.6 is 11.8 Å². The molecule has 1 aliphatic heterocycles. The van der Waals surface area contributed by atoms with E-state index in [2.05, 4.69) is 18.5 Å². The summed E-state index contributed by atoms with van der Waals surface area (Å²) in [6, 6.07) is 0.146. The summed E-state index contributed by atoms with van der Waals surface area (Å²) < 4.78 is 0.374. The first-order valence-corrected chi connectivity index (χ1v) is 7.46. The van der Waals surface area contributed by atoms with Crippen LogP contribution in [0, 0.1) is 5.92 Å². The molecule has 0 atom stereocenters. The van der Waals surface area contributed by atoms with Crippen molar-refractivity contribution in [1.29, 1.82) is 0 Å². The van der Waals surface area contributed by atoms with Crippen LogP contribution in [-0.2, 0) is 0 Å². The molecule has 0 unspecified atom stereocenters. The van der Waals surface area contributed by atoms with Crippen molar-refractivity contribution in [2.24, 2.45) is 5.92 Å². The number of urea groups is 1. The monoisotopic (exact) mass is 242 g/mol. The first-order chi connectivity index (χ1) is 7.65. The van der Waals surface area contributed by atoms with Gasteiger partial charge in [0.25, 0.3) is 0 Å². The van der Waals surface area contributed by atoms with E-state index in [1.54, 1.807) is 0 Å². The zero-order chi connectivity index (χ0) is 11.6. The summed E-state index contributed by atoms with van der Waals surface area (Å²) in [5, 5.41) is 3.09. The summed E-state index contributed by atoms with van der Waals surface area (Å²) >= 11 is 1.89. The topological polar surface area (TPSA) is 32.3 Å². The SMILES string of the molecule is CSC1(CNC(=O)N2CCC(C)CC2)CC1. The lowest BCUT2D eigenvalue weighted by Crippen LogP contribution is -2.46. The number of amides is 2. The summed E-state index contributed by atoms with van der Waals surface area (Å²) in [6.07, 6.45) is 6.96. The van der Waals surface area contributed by atoms with Crippen LogP contribution in [0.15, 0.2) is 0 Å². The van der Waals surface area contributed by atoms with E-state index in [0.29, 0.717) is 4.75 Å². The molecule has 2 rings (SSSR count). The summed E-state index contributed by atoms with van der Waals surface area (Å²) in [6.45, 7) is 4.97. The van der Waals surface area contributed by atoms with Crippen LogP contribution in [0.25, 0.3) is 0 Å². The first kappa shape index (κ1) is 12.1. The van der Waals surface area contributed by atoms with Crippen LogP contribution < -0.4 is 5.32 Å². The van der Waals surface area contributed by atoms with Gasteiger partial charge in [0.05, 0.1) is 0 Å². The van der Waals surface area contributed by atoms with Gasteiger partial charge in [0, 0.05) is 24.4 Å². The van der Waals surface area contributed by atoms with Crippen molar-refractivity contribution in [3.8, 4) is 0 Å². The lowest BCUT2D eigenvalue weighted by atomic mass is 10.00. The average Bonchev–Trinajstić information content (AvgIpc) is 3.08. The van der Waals surface area contributed by atoms with Crippen molar-refractivity contribution < 1.29 is 4.79 Å². The highest BCUT2D eigenvalue weighted by Gasteiger charge is 2.42. The van der Waals surface area contributed by atoms with E-state index in [1.807, 2.05) is 16.7 Å². The minimum absolute atomic E-state index is 0.146. The van der Waals surface area contributed by atoms with E-state index < -0.39 is 0 Å². The summed E-state index contributed by atoms with van der Waals surface area (Å²) in [5.74, 6) is 0.782. The maximum atomic E-state index is 11.9. The van der Waals surface area contributed by atoms with Gasteiger partial charge >= 0.3 is 6.03 Å². The first-order valence-electron chi connectivity index (χ1n) is 6.23. The number of likely N-dealkylation sites (tertiary alicyclic amines) is 1. The van der Waals surface area contributed by atoms with E-state index in [4.69, 9.17) is 0 Å². The van der Waals surface area contributed by atoms with E-state index in [9.17, 15) is 4.79 Å². The van der Waals surface area contributed by atoms with Crippen LogP contribution in [0.2, 0.25) is 0 Å². The Morgan fingerprint density at radius 2 is 2.06 bits per heavy atom. The third-order valence-electron chi connectivity index (χ3n) is 3.87. The van der Waals surface area contributed by atoms with Crippen molar-refractivity contribution in [1.82, 2.24) is 10.2 Å². The zero-order valence-corrected chi connectivity index (χ0v) is 11.1. The lowest BCUT2D eigenvalue weighted by molar-refractivity contribution is 0.174. The van der Waals surface area contributed by atoms with Gasteiger partial charge in [0.15, 0.2) is 0 Å². The summed E-state index contributed by atoms with van der Waals surface area (Å²) in [5.41, 5.74) is 0. The molecule has 3 nitrogen and oxygen atoms in total. The van der Waals surface area contributed by atoms with E-state index in [-0.39, 0.29) is 6.03 Å². The van der Waals surface area contributed by atoms with Crippen LogP contribution in [-0.4, -0.2) is 41.6 Å². The third-order valence-corrected chi connectivity index (χ3v) is 5.29. The number of hydrogen-bond donors (Lipinski definition) is 1. The Bertz CT molecular complexity index is 258. The Balaban J connectivity index is 1.71. The number of carbonyl (C=O) groups is 1.